The second-order valence-corrected chi connectivity index (χ2v) is 6.41. The molecule has 1 aromatic carbocycles. The number of hydrogen-bond donors (Lipinski definition) is 2. The first-order valence-corrected chi connectivity index (χ1v) is 7.54. The van der Waals surface area contributed by atoms with E-state index in [-0.39, 0.29) is 5.54 Å². The number of benzene rings is 1. The molecule has 112 valence electrons. The Morgan fingerprint density at radius 3 is 2.35 bits per heavy atom. The van der Waals surface area contributed by atoms with E-state index in [1.165, 1.54) is 5.56 Å². The molecule has 3 N–H and O–H groups in total. The van der Waals surface area contributed by atoms with Crippen molar-refractivity contribution in [1.29, 1.82) is 0 Å². The van der Waals surface area contributed by atoms with Crippen LogP contribution in [0.1, 0.15) is 12.5 Å². The van der Waals surface area contributed by atoms with E-state index in [4.69, 9.17) is 17.3 Å². The Hall–Kier alpha value is -0.650. The summed E-state index contributed by atoms with van der Waals surface area (Å²) in [6, 6.07) is 8.01. The first kappa shape index (κ1) is 15.7. The van der Waals surface area contributed by atoms with Crippen LogP contribution < -0.4 is 11.2 Å². The van der Waals surface area contributed by atoms with Crippen molar-refractivity contribution in [3.8, 4) is 0 Å². The summed E-state index contributed by atoms with van der Waals surface area (Å²) >= 11 is 5.93. The molecule has 20 heavy (non-hydrogen) atoms. The molecule has 1 fully saturated rings. The van der Waals surface area contributed by atoms with Crippen molar-refractivity contribution in [3.05, 3.63) is 34.9 Å². The fourth-order valence-electron chi connectivity index (χ4n) is 2.51. The Bertz CT molecular complexity index is 414. The zero-order valence-corrected chi connectivity index (χ0v) is 13.2. The van der Waals surface area contributed by atoms with Crippen LogP contribution in [-0.4, -0.2) is 55.2 Å². The van der Waals surface area contributed by atoms with Gasteiger partial charge in [-0.15, -0.1) is 0 Å². The van der Waals surface area contributed by atoms with Crippen molar-refractivity contribution < 1.29 is 0 Å². The summed E-state index contributed by atoms with van der Waals surface area (Å²) in [4.78, 5) is 2.34. The molecule has 0 amide bonds. The summed E-state index contributed by atoms with van der Waals surface area (Å²) < 4.78 is 0. The molecule has 2 rings (SSSR count). The molecule has 4 nitrogen and oxygen atoms in total. The molecule has 0 saturated carbocycles. The second-order valence-electron chi connectivity index (χ2n) is 5.97. The van der Waals surface area contributed by atoms with E-state index in [9.17, 15) is 0 Å². The zero-order chi connectivity index (χ0) is 14.6. The predicted octanol–water partition coefficient (Wildman–Crippen LogP) is 1.35. The smallest absolute Gasteiger partial charge is 0.0460 e. The summed E-state index contributed by atoms with van der Waals surface area (Å²) in [5.74, 6) is 0. The molecule has 1 atom stereocenters. The number of nitrogens with two attached hydrogens (primary N) is 1. The second kappa shape index (κ2) is 6.87. The molecule has 5 heteroatoms. The van der Waals surface area contributed by atoms with E-state index in [1.54, 1.807) is 0 Å². The molecular weight excluding hydrogens is 272 g/mol. The maximum Gasteiger partial charge on any atom is 0.0460 e. The van der Waals surface area contributed by atoms with Gasteiger partial charge in [0.2, 0.25) is 0 Å². The summed E-state index contributed by atoms with van der Waals surface area (Å²) in [6.07, 6.45) is 0.896. The third kappa shape index (κ3) is 4.43. The maximum atomic E-state index is 6.00. The lowest BCUT2D eigenvalue weighted by Gasteiger charge is -2.40. The van der Waals surface area contributed by atoms with Gasteiger partial charge >= 0.3 is 0 Å². The quantitative estimate of drug-likeness (QED) is 0.861. The van der Waals surface area contributed by atoms with E-state index in [0.29, 0.717) is 6.54 Å². The summed E-state index contributed by atoms with van der Waals surface area (Å²) in [6.45, 7) is 7.03. The molecule has 1 saturated heterocycles. The van der Waals surface area contributed by atoms with E-state index in [0.717, 1.165) is 37.6 Å². The first-order valence-electron chi connectivity index (χ1n) is 7.16. The molecular formula is C15H25ClN4. The summed E-state index contributed by atoms with van der Waals surface area (Å²) in [5.41, 5.74) is 10.8. The fourth-order valence-corrected chi connectivity index (χ4v) is 2.64. The average molecular weight is 297 g/mol. The van der Waals surface area contributed by atoms with E-state index >= 15 is 0 Å². The number of nitrogens with zero attached hydrogens (tertiary/aromatic N) is 2. The molecule has 1 aromatic rings. The minimum absolute atomic E-state index is 0.121. The molecule has 0 bridgehead atoms. The molecule has 0 spiro atoms. The fraction of sp³-hybridized carbons (Fsp3) is 0.600. The van der Waals surface area contributed by atoms with Gasteiger partial charge in [0, 0.05) is 43.3 Å². The van der Waals surface area contributed by atoms with Gasteiger partial charge in [0.05, 0.1) is 0 Å². The van der Waals surface area contributed by atoms with Crippen molar-refractivity contribution in [2.24, 2.45) is 5.73 Å². The molecule has 1 aliphatic rings. The minimum Gasteiger partial charge on any atom is -0.329 e. The van der Waals surface area contributed by atoms with Gasteiger partial charge in [0.1, 0.15) is 0 Å². The third-order valence-electron chi connectivity index (χ3n) is 3.89. The molecule has 1 heterocycles. The van der Waals surface area contributed by atoms with Crippen LogP contribution in [0.2, 0.25) is 5.02 Å². The van der Waals surface area contributed by atoms with Crippen LogP contribution in [0.5, 0.6) is 0 Å². The Balaban J connectivity index is 1.96. The number of rotatable bonds is 5. The number of hydrogen-bond acceptors (Lipinski definition) is 4. The van der Waals surface area contributed by atoms with Gasteiger partial charge in [-0.25, -0.2) is 10.4 Å². The highest BCUT2D eigenvalue weighted by Crippen LogP contribution is 2.16. The Kier molecular flexibility index (Phi) is 5.41. The van der Waals surface area contributed by atoms with Crippen LogP contribution >= 0.6 is 11.6 Å². The predicted molar refractivity (Wildman–Crippen MR) is 84.8 cm³/mol. The lowest BCUT2D eigenvalue weighted by Crippen LogP contribution is -2.61. The highest BCUT2D eigenvalue weighted by atomic mass is 35.5. The van der Waals surface area contributed by atoms with Gasteiger partial charge in [-0.1, -0.05) is 23.7 Å². The van der Waals surface area contributed by atoms with Crippen LogP contribution in [0.15, 0.2) is 24.3 Å². The minimum atomic E-state index is -0.121. The standard InChI is InChI=1S/C15H25ClN4/c1-15(12-17,11-13-3-5-14(16)6-4-13)18-20-9-7-19(2)8-10-20/h3-6,18H,7-12,17H2,1-2H3. The Labute approximate surface area is 126 Å². The molecule has 0 aromatic heterocycles. The number of halogens is 1. The van der Waals surface area contributed by atoms with E-state index in [2.05, 4.69) is 41.4 Å². The monoisotopic (exact) mass is 296 g/mol. The van der Waals surface area contributed by atoms with Crippen molar-refractivity contribution >= 4 is 11.6 Å². The van der Waals surface area contributed by atoms with Gasteiger partial charge in [0.15, 0.2) is 0 Å². The first-order chi connectivity index (χ1) is 9.50. The van der Waals surface area contributed by atoms with Crippen molar-refractivity contribution in [2.75, 3.05) is 39.8 Å². The topological polar surface area (TPSA) is 44.5 Å². The lowest BCUT2D eigenvalue weighted by atomic mass is 9.93. The van der Waals surface area contributed by atoms with Crippen molar-refractivity contribution in [1.82, 2.24) is 15.3 Å². The zero-order valence-electron chi connectivity index (χ0n) is 12.4. The number of nitrogens with one attached hydrogen (secondary N) is 1. The largest absolute Gasteiger partial charge is 0.329 e. The van der Waals surface area contributed by atoms with Gasteiger partial charge < -0.3 is 10.6 Å². The Morgan fingerprint density at radius 1 is 1.20 bits per heavy atom. The van der Waals surface area contributed by atoms with Crippen molar-refractivity contribution in [2.45, 2.75) is 18.9 Å². The van der Waals surface area contributed by atoms with E-state index < -0.39 is 0 Å². The molecule has 1 aliphatic heterocycles. The number of likely N-dealkylation sites (N-methyl/N-ethyl adjacent to an activating group) is 1. The maximum absolute atomic E-state index is 6.00. The normalized spacial score (nSPS) is 20.8. The van der Waals surface area contributed by atoms with Crippen LogP contribution in [0, 0.1) is 0 Å². The van der Waals surface area contributed by atoms with Gasteiger partial charge in [-0.05, 0) is 38.1 Å². The van der Waals surface area contributed by atoms with Gasteiger partial charge in [-0.3, -0.25) is 0 Å². The SMILES string of the molecule is CN1CCN(NC(C)(CN)Cc2ccc(Cl)cc2)CC1. The molecule has 1 unspecified atom stereocenters. The van der Waals surface area contributed by atoms with Gasteiger partial charge in [-0.2, -0.15) is 0 Å². The number of hydrazine groups is 1. The highest BCUT2D eigenvalue weighted by Gasteiger charge is 2.26. The number of piperazine rings is 1. The molecule has 0 radical (unpaired) electrons. The summed E-state index contributed by atoms with van der Waals surface area (Å²) in [5, 5.41) is 3.07. The summed E-state index contributed by atoms with van der Waals surface area (Å²) in [7, 11) is 2.16. The van der Waals surface area contributed by atoms with Gasteiger partial charge in [0.25, 0.3) is 0 Å². The average Bonchev–Trinajstić information content (AvgIpc) is 2.44. The van der Waals surface area contributed by atoms with Crippen LogP contribution in [0.4, 0.5) is 0 Å². The van der Waals surface area contributed by atoms with Crippen molar-refractivity contribution in [3.63, 3.8) is 0 Å². The third-order valence-corrected chi connectivity index (χ3v) is 4.14. The van der Waals surface area contributed by atoms with Crippen LogP contribution in [0.3, 0.4) is 0 Å². The lowest BCUT2D eigenvalue weighted by molar-refractivity contribution is 0.0606. The highest BCUT2D eigenvalue weighted by molar-refractivity contribution is 6.30. The van der Waals surface area contributed by atoms with Crippen LogP contribution in [-0.2, 0) is 6.42 Å². The van der Waals surface area contributed by atoms with E-state index in [1.807, 2.05) is 12.1 Å². The molecule has 0 aliphatic carbocycles. The Morgan fingerprint density at radius 2 is 1.80 bits per heavy atom. The van der Waals surface area contributed by atoms with Crippen LogP contribution in [0.25, 0.3) is 0 Å².